The van der Waals surface area contributed by atoms with Crippen molar-refractivity contribution in [1.29, 1.82) is 0 Å². The van der Waals surface area contributed by atoms with E-state index in [0.29, 0.717) is 12.1 Å². The fourth-order valence-corrected chi connectivity index (χ4v) is 1.77. The Morgan fingerprint density at radius 3 is 1.41 bits per heavy atom. The Morgan fingerprint density at radius 1 is 0.941 bits per heavy atom. The van der Waals surface area contributed by atoms with E-state index < -0.39 is 11.9 Å². The summed E-state index contributed by atoms with van der Waals surface area (Å²) in [7, 11) is 7.67. The molecule has 0 saturated heterocycles. The maximum Gasteiger partial charge on any atom is 0.414 e. The van der Waals surface area contributed by atoms with Gasteiger partial charge in [-0.2, -0.15) is 14.1 Å². The molecule has 7 heteroatoms. The van der Waals surface area contributed by atoms with Gasteiger partial charge < -0.3 is 20.8 Å². The smallest absolute Gasteiger partial charge is 0.414 e. The molecule has 6 nitrogen and oxygen atoms in total. The van der Waals surface area contributed by atoms with E-state index in [4.69, 9.17) is 19.8 Å². The van der Waals surface area contributed by atoms with Gasteiger partial charge in [0.15, 0.2) is 0 Å². The molecule has 0 unspecified atom stereocenters. The van der Waals surface area contributed by atoms with Crippen LogP contribution in [0.2, 0.25) is 0 Å². The van der Waals surface area contributed by atoms with Gasteiger partial charge in [-0.15, -0.1) is 0 Å². The molecule has 0 radical (unpaired) electrons. The van der Waals surface area contributed by atoms with Crippen molar-refractivity contribution < 1.29 is 51.5 Å². The molecule has 1 aliphatic rings. The van der Waals surface area contributed by atoms with Crippen molar-refractivity contribution in [2.45, 2.75) is 37.8 Å². The van der Waals surface area contributed by atoms with Crippen molar-refractivity contribution in [2.75, 3.05) is 0 Å². The molecule has 0 aromatic heterocycles. The molecule has 6 N–H and O–H groups in total. The minimum absolute atomic E-state index is 0. The van der Waals surface area contributed by atoms with Crippen molar-refractivity contribution >= 4 is 11.9 Å². The van der Waals surface area contributed by atoms with Gasteiger partial charge in [-0.3, -0.25) is 0 Å². The summed E-state index contributed by atoms with van der Waals surface area (Å²) in [6.07, 6.45) is 5.39. The van der Waals surface area contributed by atoms with Gasteiger partial charge in [0.05, 0.1) is 0 Å². The topological polar surface area (TPSA) is 108 Å². The number of hydrogen-bond acceptors (Lipinski definition) is 2. The third kappa shape index (κ3) is 8.30. The van der Waals surface area contributed by atoms with Gasteiger partial charge in [0.2, 0.25) is 0 Å². The minimum Gasteiger partial charge on any atom is -0.473 e. The Hall–Kier alpha value is -0.452. The second-order valence-corrected chi connectivity index (χ2v) is 3.69. The van der Waals surface area contributed by atoms with E-state index in [9.17, 15) is 0 Å². The second kappa shape index (κ2) is 10.7. The van der Waals surface area contributed by atoms with Crippen molar-refractivity contribution in [3.8, 4) is 0 Å². The molecule has 0 aliphatic heterocycles. The third-order valence-corrected chi connectivity index (χ3v) is 2.66. The first-order valence-electron chi connectivity index (χ1n) is 5.24. The summed E-state index contributed by atoms with van der Waals surface area (Å²) in [4.78, 5) is 18.2. The van der Waals surface area contributed by atoms with Gasteiger partial charge >= 0.3 is 11.9 Å². The molecule has 0 amide bonds. The largest absolute Gasteiger partial charge is 0.473 e. The van der Waals surface area contributed by atoms with Crippen LogP contribution < -0.4 is 10.6 Å². The van der Waals surface area contributed by atoms with Crippen molar-refractivity contribution in [3.63, 3.8) is 0 Å². The van der Waals surface area contributed by atoms with E-state index in [1.165, 1.54) is 25.7 Å². The maximum atomic E-state index is 9.10. The van der Waals surface area contributed by atoms with Crippen LogP contribution in [0.4, 0.5) is 0 Å². The predicted octanol–water partition coefficient (Wildman–Crippen LogP) is -1.84. The van der Waals surface area contributed by atoms with Gasteiger partial charge in [0, 0.05) is 33.9 Å². The fraction of sp³-hybridized carbons (Fsp3) is 0.600. The van der Waals surface area contributed by atoms with E-state index in [2.05, 4.69) is 24.7 Å². The Bertz CT molecular complexity index is 214. The Labute approximate surface area is 115 Å². The van der Waals surface area contributed by atoms with E-state index in [-0.39, 0.29) is 21.1 Å². The van der Waals surface area contributed by atoms with Crippen molar-refractivity contribution in [3.05, 3.63) is 14.1 Å². The number of carbonyl (C=O) groups is 2. The van der Waals surface area contributed by atoms with Crippen LogP contribution in [0, 0.1) is 14.1 Å². The van der Waals surface area contributed by atoms with E-state index in [0.717, 1.165) is 0 Å². The zero-order chi connectivity index (χ0) is 12.6. The number of carboxylic acids is 2. The summed E-state index contributed by atoms with van der Waals surface area (Å²) in [6.45, 7) is 0. The molecule has 1 saturated carbocycles. The number of rotatable bonds is 2. The molecular weight excluding hydrogens is 407 g/mol. The van der Waals surface area contributed by atoms with Crippen LogP contribution in [-0.4, -0.2) is 34.2 Å². The number of carboxylic acid groups (broad SMARTS) is 2. The minimum atomic E-state index is -1.82. The van der Waals surface area contributed by atoms with Crippen LogP contribution in [0.15, 0.2) is 0 Å². The molecule has 2 atom stereocenters. The average molecular weight is 427 g/mol. The molecule has 1 aliphatic carbocycles. The molecule has 0 spiro atoms. The predicted molar refractivity (Wildman–Crippen MR) is 55.9 cm³/mol. The molecular formula is C10H20N2O4Pt. The SMILES string of the molecule is O=C(O)C(=O)O.[CH2-][NH2+][C@@H]1CCCC[C@H]1[NH2+][CH2-].[Pt]. The summed E-state index contributed by atoms with van der Waals surface area (Å²) < 4.78 is 0. The molecule has 0 aromatic rings. The third-order valence-electron chi connectivity index (χ3n) is 2.66. The first-order chi connectivity index (χ1) is 7.52. The zero-order valence-corrected chi connectivity index (χ0v) is 11.9. The molecule has 0 bridgehead atoms. The van der Waals surface area contributed by atoms with Crippen LogP contribution in [0.1, 0.15) is 25.7 Å². The van der Waals surface area contributed by atoms with Crippen LogP contribution in [0.5, 0.6) is 0 Å². The van der Waals surface area contributed by atoms with Gasteiger partial charge in [0.25, 0.3) is 0 Å². The second-order valence-electron chi connectivity index (χ2n) is 3.69. The molecule has 0 aromatic carbocycles. The quantitative estimate of drug-likeness (QED) is 0.307. The standard InChI is InChI=1S/C8H18N2.C2H2O4.Pt/c1-9-7-5-3-4-6-8(7)10-2;3-1(4)2(5)6;/h7-8H,1-6,9-10H2;(H,3,4)(H,5,6);/t7-,8-;;/m1../s1. The number of aliphatic carboxylic acids is 2. The van der Waals surface area contributed by atoms with Gasteiger partial charge in [-0.25, -0.2) is 9.59 Å². The Morgan fingerprint density at radius 2 is 1.24 bits per heavy atom. The molecule has 1 fully saturated rings. The van der Waals surface area contributed by atoms with Crippen molar-refractivity contribution in [1.82, 2.24) is 0 Å². The monoisotopic (exact) mass is 427 g/mol. The number of nitrogens with two attached hydrogens (primary N) is 2. The molecule has 17 heavy (non-hydrogen) atoms. The number of quaternary nitrogens is 2. The van der Waals surface area contributed by atoms with E-state index >= 15 is 0 Å². The fourth-order valence-electron chi connectivity index (χ4n) is 1.77. The van der Waals surface area contributed by atoms with Gasteiger partial charge in [-0.05, 0) is 12.8 Å². The summed E-state index contributed by atoms with van der Waals surface area (Å²) in [5.41, 5.74) is 0. The van der Waals surface area contributed by atoms with Crippen LogP contribution >= 0.6 is 0 Å². The summed E-state index contributed by atoms with van der Waals surface area (Å²) in [5.74, 6) is -3.65. The van der Waals surface area contributed by atoms with E-state index in [1.54, 1.807) is 0 Å². The normalized spacial score (nSPS) is 22.7. The van der Waals surface area contributed by atoms with Crippen LogP contribution in [-0.2, 0) is 30.7 Å². The van der Waals surface area contributed by atoms with Gasteiger partial charge in [0.1, 0.15) is 12.1 Å². The van der Waals surface area contributed by atoms with Crippen molar-refractivity contribution in [2.24, 2.45) is 0 Å². The van der Waals surface area contributed by atoms with Crippen LogP contribution in [0.25, 0.3) is 0 Å². The maximum absolute atomic E-state index is 9.10. The zero-order valence-electron chi connectivity index (χ0n) is 9.58. The Kier molecular flexibility index (Phi) is 11.9. The average Bonchev–Trinajstić information content (AvgIpc) is 2.29. The summed E-state index contributed by atoms with van der Waals surface area (Å²) in [6, 6.07) is 1.43. The summed E-state index contributed by atoms with van der Waals surface area (Å²) >= 11 is 0. The Balaban J connectivity index is 0. The first kappa shape index (κ1) is 18.9. The molecule has 104 valence electrons. The first-order valence-corrected chi connectivity index (χ1v) is 5.24. The summed E-state index contributed by atoms with van der Waals surface area (Å²) in [5, 5.41) is 19.0. The van der Waals surface area contributed by atoms with Crippen LogP contribution in [0.3, 0.4) is 0 Å². The number of hydrogen-bond donors (Lipinski definition) is 4. The molecule has 0 heterocycles. The van der Waals surface area contributed by atoms with E-state index in [1.807, 2.05) is 0 Å². The molecule has 1 rings (SSSR count). The van der Waals surface area contributed by atoms with Gasteiger partial charge in [-0.1, -0.05) is 0 Å².